The van der Waals surface area contributed by atoms with Gasteiger partial charge in [-0.25, -0.2) is 0 Å². The van der Waals surface area contributed by atoms with Gasteiger partial charge in [-0.1, -0.05) is 155 Å². The van der Waals surface area contributed by atoms with E-state index in [0.29, 0.717) is 5.92 Å². The summed E-state index contributed by atoms with van der Waals surface area (Å²) >= 11 is 0. The summed E-state index contributed by atoms with van der Waals surface area (Å²) in [4.78, 5) is 2.50. The van der Waals surface area contributed by atoms with Crippen molar-refractivity contribution in [2.24, 2.45) is 0 Å². The molecule has 8 rings (SSSR count). The zero-order valence-corrected chi connectivity index (χ0v) is 27.5. The van der Waals surface area contributed by atoms with Crippen molar-refractivity contribution in [2.45, 2.75) is 39.0 Å². The summed E-state index contributed by atoms with van der Waals surface area (Å²) < 4.78 is 0. The van der Waals surface area contributed by atoms with Crippen LogP contribution in [-0.4, -0.2) is 0 Å². The Morgan fingerprint density at radius 2 is 1.09 bits per heavy atom. The van der Waals surface area contributed by atoms with Gasteiger partial charge in [0.1, 0.15) is 0 Å². The zero-order chi connectivity index (χ0) is 32.1. The Morgan fingerprint density at radius 1 is 0.468 bits per heavy atom. The lowest BCUT2D eigenvalue weighted by atomic mass is 9.81. The van der Waals surface area contributed by atoms with Crippen LogP contribution in [0.5, 0.6) is 0 Å². The van der Waals surface area contributed by atoms with Gasteiger partial charge in [-0.15, -0.1) is 0 Å². The maximum atomic E-state index is 2.50. The first-order valence-corrected chi connectivity index (χ1v) is 16.7. The largest absolute Gasteiger partial charge is 0.309 e. The SMILES string of the molecule is CC(C)c1cccc2c1-c1ccc(N(c3ccccc3-c3ccccc3)c3cc4ccccc4cc3-c3ccccc3)cc1C2(C)C. The van der Waals surface area contributed by atoms with Crippen LogP contribution in [0.3, 0.4) is 0 Å². The predicted molar refractivity (Wildman–Crippen MR) is 201 cm³/mol. The quantitative estimate of drug-likeness (QED) is 0.182. The van der Waals surface area contributed by atoms with Crippen molar-refractivity contribution in [3.63, 3.8) is 0 Å². The first kappa shape index (κ1) is 29.0. The minimum atomic E-state index is -0.123. The fraction of sp³-hybridized carbons (Fsp3) is 0.130. The van der Waals surface area contributed by atoms with Crippen LogP contribution in [0.1, 0.15) is 50.3 Å². The van der Waals surface area contributed by atoms with Crippen molar-refractivity contribution < 1.29 is 0 Å². The summed E-state index contributed by atoms with van der Waals surface area (Å²) in [6.45, 7) is 9.39. The summed E-state index contributed by atoms with van der Waals surface area (Å²) in [5, 5.41) is 2.46. The molecular formula is C46H39N. The molecule has 0 bridgehead atoms. The van der Waals surface area contributed by atoms with Crippen LogP contribution in [0.4, 0.5) is 17.1 Å². The van der Waals surface area contributed by atoms with E-state index in [1.54, 1.807) is 0 Å². The van der Waals surface area contributed by atoms with Crippen molar-refractivity contribution >= 4 is 27.8 Å². The summed E-state index contributed by atoms with van der Waals surface area (Å²) in [5.41, 5.74) is 15.2. The molecule has 0 atom stereocenters. The van der Waals surface area contributed by atoms with Gasteiger partial charge in [-0.2, -0.15) is 0 Å². The number of benzene rings is 7. The highest BCUT2D eigenvalue weighted by Crippen LogP contribution is 2.54. The molecule has 7 aromatic rings. The zero-order valence-electron chi connectivity index (χ0n) is 27.5. The molecule has 0 saturated heterocycles. The molecule has 1 aliphatic rings. The Morgan fingerprint density at radius 3 is 1.79 bits per heavy atom. The monoisotopic (exact) mass is 605 g/mol. The van der Waals surface area contributed by atoms with Crippen molar-refractivity contribution in [3.8, 4) is 33.4 Å². The topological polar surface area (TPSA) is 3.24 Å². The maximum Gasteiger partial charge on any atom is 0.0546 e. The highest BCUT2D eigenvalue weighted by Gasteiger charge is 2.37. The van der Waals surface area contributed by atoms with E-state index in [4.69, 9.17) is 0 Å². The number of hydrogen-bond donors (Lipinski definition) is 0. The number of nitrogens with zero attached hydrogens (tertiary/aromatic N) is 1. The second-order valence-corrected chi connectivity index (χ2v) is 13.6. The van der Waals surface area contributed by atoms with Gasteiger partial charge in [0, 0.05) is 22.2 Å². The number of fused-ring (bicyclic) bond motifs is 4. The summed E-state index contributed by atoms with van der Waals surface area (Å²) in [5.74, 6) is 0.451. The molecule has 0 N–H and O–H groups in total. The van der Waals surface area contributed by atoms with E-state index in [1.807, 2.05) is 0 Å². The van der Waals surface area contributed by atoms with Crippen LogP contribution in [0.15, 0.2) is 158 Å². The lowest BCUT2D eigenvalue weighted by molar-refractivity contribution is 0.659. The Bertz CT molecular complexity index is 2240. The smallest absolute Gasteiger partial charge is 0.0546 e. The van der Waals surface area contributed by atoms with Gasteiger partial charge < -0.3 is 4.90 Å². The molecule has 0 heterocycles. The van der Waals surface area contributed by atoms with Crippen molar-refractivity contribution in [3.05, 3.63) is 174 Å². The molecule has 47 heavy (non-hydrogen) atoms. The number of anilines is 3. The van der Waals surface area contributed by atoms with Crippen LogP contribution in [0, 0.1) is 0 Å². The molecule has 0 unspecified atom stereocenters. The van der Waals surface area contributed by atoms with Gasteiger partial charge >= 0.3 is 0 Å². The van der Waals surface area contributed by atoms with Crippen molar-refractivity contribution in [2.75, 3.05) is 4.90 Å². The highest BCUT2D eigenvalue weighted by molar-refractivity contribution is 6.00. The Kier molecular flexibility index (Phi) is 7.07. The highest BCUT2D eigenvalue weighted by atomic mass is 15.1. The third-order valence-electron chi connectivity index (χ3n) is 10.0. The molecule has 1 heteroatoms. The third kappa shape index (κ3) is 4.86. The van der Waals surface area contributed by atoms with Gasteiger partial charge in [0.05, 0.1) is 11.4 Å². The number of rotatable bonds is 6. The average Bonchev–Trinajstić information content (AvgIpc) is 3.34. The molecule has 1 aliphatic carbocycles. The minimum Gasteiger partial charge on any atom is -0.309 e. The standard InChI is InChI=1S/C46H39N/c1-31(2)37-23-15-24-41-45(37)39-27-26-36(30-42(39)46(41,3)4)47(43-25-14-13-22-38(43)32-16-7-5-8-17-32)44-29-35-21-12-11-20-34(35)28-40(44)33-18-9-6-10-19-33/h5-31H,1-4H3. The molecule has 7 aromatic carbocycles. The van der Waals surface area contributed by atoms with E-state index < -0.39 is 0 Å². The molecule has 0 aliphatic heterocycles. The Labute approximate surface area is 278 Å². The Hall–Kier alpha value is -5.40. The fourth-order valence-corrected chi connectivity index (χ4v) is 7.62. The summed E-state index contributed by atoms with van der Waals surface area (Å²) in [6, 6.07) is 58.0. The molecule has 0 aromatic heterocycles. The van der Waals surface area contributed by atoms with Crippen LogP contribution in [0.2, 0.25) is 0 Å². The molecule has 0 saturated carbocycles. The molecule has 228 valence electrons. The van der Waals surface area contributed by atoms with Crippen LogP contribution < -0.4 is 4.90 Å². The summed E-state index contributed by atoms with van der Waals surface area (Å²) in [6.07, 6.45) is 0. The van der Waals surface area contributed by atoms with Crippen molar-refractivity contribution in [1.29, 1.82) is 0 Å². The molecular weight excluding hydrogens is 567 g/mol. The van der Waals surface area contributed by atoms with Gasteiger partial charge in [0.15, 0.2) is 0 Å². The molecule has 0 radical (unpaired) electrons. The van der Waals surface area contributed by atoms with E-state index >= 15 is 0 Å². The first-order valence-electron chi connectivity index (χ1n) is 16.7. The normalized spacial score (nSPS) is 13.0. The van der Waals surface area contributed by atoms with Gasteiger partial charge in [0.25, 0.3) is 0 Å². The van der Waals surface area contributed by atoms with E-state index in [0.717, 1.165) is 17.1 Å². The molecule has 0 fully saturated rings. The Balaban J connectivity index is 1.44. The van der Waals surface area contributed by atoms with E-state index in [9.17, 15) is 0 Å². The van der Waals surface area contributed by atoms with Crippen LogP contribution >= 0.6 is 0 Å². The summed E-state index contributed by atoms with van der Waals surface area (Å²) in [7, 11) is 0. The van der Waals surface area contributed by atoms with E-state index in [1.165, 1.54) is 60.8 Å². The first-order chi connectivity index (χ1) is 22.9. The lowest BCUT2D eigenvalue weighted by Crippen LogP contribution is -2.17. The maximum absolute atomic E-state index is 2.50. The van der Waals surface area contributed by atoms with E-state index in [-0.39, 0.29) is 5.41 Å². The number of hydrogen-bond acceptors (Lipinski definition) is 1. The predicted octanol–water partition coefficient (Wildman–Crippen LogP) is 13.1. The van der Waals surface area contributed by atoms with Crippen molar-refractivity contribution in [1.82, 2.24) is 0 Å². The second-order valence-electron chi connectivity index (χ2n) is 13.6. The minimum absolute atomic E-state index is 0.123. The molecule has 1 nitrogen and oxygen atoms in total. The lowest BCUT2D eigenvalue weighted by Gasteiger charge is -2.31. The van der Waals surface area contributed by atoms with Crippen LogP contribution in [-0.2, 0) is 5.41 Å². The number of para-hydroxylation sites is 1. The van der Waals surface area contributed by atoms with Gasteiger partial charge in [-0.05, 0) is 86.0 Å². The van der Waals surface area contributed by atoms with Crippen LogP contribution in [0.25, 0.3) is 44.2 Å². The second kappa shape index (κ2) is 11.4. The van der Waals surface area contributed by atoms with Gasteiger partial charge in [0.2, 0.25) is 0 Å². The van der Waals surface area contributed by atoms with E-state index in [2.05, 4.69) is 190 Å². The molecule has 0 spiro atoms. The fourth-order valence-electron chi connectivity index (χ4n) is 7.62. The molecule has 0 amide bonds. The third-order valence-corrected chi connectivity index (χ3v) is 10.0. The van der Waals surface area contributed by atoms with Gasteiger partial charge in [-0.3, -0.25) is 0 Å². The average molecular weight is 606 g/mol.